The van der Waals surface area contributed by atoms with Crippen LogP contribution in [0.25, 0.3) is 17.0 Å². The monoisotopic (exact) mass is 938 g/mol. The van der Waals surface area contributed by atoms with Crippen molar-refractivity contribution in [3.8, 4) is 17.6 Å². The van der Waals surface area contributed by atoms with Crippen molar-refractivity contribution in [1.29, 1.82) is 5.26 Å². The number of benzene rings is 5. The fraction of sp³-hybridized carbons (Fsp3) is 0.315. The van der Waals surface area contributed by atoms with Crippen LogP contribution in [0.2, 0.25) is 0 Å². The summed E-state index contributed by atoms with van der Waals surface area (Å²) >= 11 is 1.76. The van der Waals surface area contributed by atoms with Gasteiger partial charge in [0.25, 0.3) is 8.53 Å². The van der Waals surface area contributed by atoms with E-state index < -0.39 is 20.2 Å². The lowest BCUT2D eigenvalue weighted by Crippen LogP contribution is -2.46. The summed E-state index contributed by atoms with van der Waals surface area (Å²) in [7, 11) is 3.79. The van der Waals surface area contributed by atoms with Crippen LogP contribution in [-0.2, 0) is 30.7 Å². The van der Waals surface area contributed by atoms with Crippen LogP contribution >= 0.6 is 20.3 Å². The van der Waals surface area contributed by atoms with Gasteiger partial charge in [-0.3, -0.25) is 4.79 Å². The molecular weight excluding hydrogens is 878 g/mol. The molecule has 0 bridgehead atoms. The number of aryl methyl sites for hydroxylation is 1. The van der Waals surface area contributed by atoms with E-state index in [1.165, 1.54) is 10.6 Å². The van der Waals surface area contributed by atoms with Gasteiger partial charge >= 0.3 is 0 Å². The first-order chi connectivity index (χ1) is 32.6. The number of carbonyl (C=O) groups is 1. The summed E-state index contributed by atoms with van der Waals surface area (Å²) in [5.74, 6) is 1.28. The van der Waals surface area contributed by atoms with Crippen LogP contribution in [-0.4, -0.2) is 69.8 Å². The summed E-state index contributed by atoms with van der Waals surface area (Å²) in [5, 5.41) is 14.9. The molecule has 1 aliphatic rings. The summed E-state index contributed by atoms with van der Waals surface area (Å²) in [5.41, 5.74) is 4.84. The fourth-order valence-electron chi connectivity index (χ4n) is 8.43. The number of thioether (sulfide) groups is 1. The lowest BCUT2D eigenvalue weighted by atomic mass is 9.80. The van der Waals surface area contributed by atoms with Gasteiger partial charge < -0.3 is 33.5 Å². The summed E-state index contributed by atoms with van der Waals surface area (Å²) in [6.07, 6.45) is 4.74. The van der Waals surface area contributed by atoms with Crippen molar-refractivity contribution in [1.82, 2.24) is 9.99 Å². The minimum Gasteiger partial charge on any atom is -0.497 e. The van der Waals surface area contributed by atoms with E-state index in [4.69, 9.17) is 23.3 Å². The van der Waals surface area contributed by atoms with Gasteiger partial charge in [-0.15, -0.1) is 0 Å². The van der Waals surface area contributed by atoms with E-state index >= 15 is 0 Å². The zero-order valence-corrected chi connectivity index (χ0v) is 41.1. The third-order valence-electron chi connectivity index (χ3n) is 11.7. The van der Waals surface area contributed by atoms with Crippen molar-refractivity contribution in [2.75, 3.05) is 46.0 Å². The Labute approximate surface area is 401 Å². The quantitative estimate of drug-likeness (QED) is 0.0306. The molecule has 1 aliphatic heterocycles. The summed E-state index contributed by atoms with van der Waals surface area (Å²) < 4.78 is 35.8. The molecule has 1 unspecified atom stereocenters. The van der Waals surface area contributed by atoms with Gasteiger partial charge in [0, 0.05) is 36.2 Å². The molecule has 2 atom stereocenters. The number of carbonyl (C=O) groups excluding carboxylic acids is 1. The van der Waals surface area contributed by atoms with Crippen LogP contribution in [0.4, 0.5) is 5.69 Å². The molecule has 7 rings (SSSR count). The smallest absolute Gasteiger partial charge is 0.259 e. The lowest BCUT2D eigenvalue weighted by molar-refractivity contribution is -0.670. The maximum Gasteiger partial charge on any atom is 0.259 e. The maximum absolute atomic E-state index is 14.3. The van der Waals surface area contributed by atoms with E-state index in [-0.39, 0.29) is 50.7 Å². The van der Waals surface area contributed by atoms with Crippen LogP contribution in [0.5, 0.6) is 11.5 Å². The molecule has 0 aliphatic carbocycles. The van der Waals surface area contributed by atoms with Crippen molar-refractivity contribution in [3.05, 3.63) is 167 Å². The molecule has 5 aromatic carbocycles. The fourth-order valence-corrected chi connectivity index (χ4v) is 11.2. The molecule has 1 N–H and O–H groups in total. The number of amides is 1. The van der Waals surface area contributed by atoms with E-state index in [0.29, 0.717) is 18.0 Å². The predicted molar refractivity (Wildman–Crippen MR) is 269 cm³/mol. The van der Waals surface area contributed by atoms with E-state index in [9.17, 15) is 10.1 Å². The molecule has 0 radical (unpaired) electrons. The second-order valence-corrected chi connectivity index (χ2v) is 19.3. The Morgan fingerprint density at radius 1 is 0.806 bits per heavy atom. The largest absolute Gasteiger partial charge is 0.497 e. The minimum absolute atomic E-state index is 0.0686. The van der Waals surface area contributed by atoms with E-state index in [1.807, 2.05) is 72.8 Å². The number of ether oxygens (including phenoxy) is 3. The lowest BCUT2D eigenvalue weighted by Gasteiger charge is -2.38. The number of hydrogen-bond acceptors (Lipinski definition) is 10. The normalized spacial score (nSPS) is 14.1. The number of hydrogen-bond donors (Lipinski definition) is 1. The third kappa shape index (κ3) is 11.7. The maximum atomic E-state index is 14.3. The third-order valence-corrected chi connectivity index (χ3v) is 14.9. The number of methoxy groups -OCH3 is 2. The molecule has 6 aromatic rings. The van der Waals surface area contributed by atoms with E-state index in [1.54, 1.807) is 26.0 Å². The molecular formula is C54H61N5O6PS+. The number of nitriles is 1. The SMILES string of the molecule is COc1ccc(C(OC[C@@H](COP(OCCC#N)N(C(C)C)C(C)C)NC(=O)CC[n+]2ccc(/C=C3\Sc4ccccc4N3C)c3ccccc32)(c2ccccc2)c2ccc(OC)cc2)cc1. The summed E-state index contributed by atoms with van der Waals surface area (Å²) in [6.45, 7) is 9.23. The number of anilines is 1. The molecule has 348 valence electrons. The van der Waals surface area contributed by atoms with Gasteiger partial charge in [-0.2, -0.15) is 9.83 Å². The number of fused-ring (bicyclic) bond motifs is 2. The first-order valence-electron chi connectivity index (χ1n) is 22.7. The topological polar surface area (TPSA) is 109 Å². The molecule has 0 saturated heterocycles. The highest BCUT2D eigenvalue weighted by Crippen LogP contribution is 2.47. The van der Waals surface area contributed by atoms with Crippen LogP contribution in [0.3, 0.4) is 0 Å². The van der Waals surface area contributed by atoms with Gasteiger partial charge in [-0.1, -0.05) is 90.6 Å². The average molecular weight is 939 g/mol. The van der Waals surface area contributed by atoms with Crippen LogP contribution < -0.4 is 24.3 Å². The van der Waals surface area contributed by atoms with E-state index in [0.717, 1.165) is 38.2 Å². The Balaban J connectivity index is 1.19. The second-order valence-electron chi connectivity index (χ2n) is 16.8. The molecule has 0 saturated carbocycles. The van der Waals surface area contributed by atoms with Crippen molar-refractivity contribution in [2.45, 2.75) is 75.7 Å². The number of nitrogens with one attached hydrogen (secondary N) is 1. The Bertz CT molecular complexity index is 2590. The highest BCUT2D eigenvalue weighted by molar-refractivity contribution is 8.03. The van der Waals surface area contributed by atoms with Gasteiger partial charge in [-0.05, 0) is 98.5 Å². The highest BCUT2D eigenvalue weighted by Gasteiger charge is 2.39. The standard InChI is InChI=1S/C54H60N5O6PS/c1-39(2)59(40(3)4)66(64-35-15-32-55)65-38-45(37-63-54(42-16-9-8-10-17-42,43-22-26-46(61-6)27-23-43)44-24-28-47(62-7)29-25-44)56-52(60)31-34-58-33-30-41(48-18-11-12-19-49(48)58)36-53-57(5)50-20-13-14-21-51(50)67-53/h8-14,16-30,33,36,39-40,45H,15,31,34-35,37-38H2,1-7H3/p+1/t45-,66?/m0/s1. The first kappa shape index (κ1) is 49.1. The molecule has 11 nitrogen and oxygen atoms in total. The predicted octanol–water partition coefficient (Wildman–Crippen LogP) is 10.9. The second kappa shape index (κ2) is 23.3. The number of aromatic nitrogens is 1. The van der Waals surface area contributed by atoms with Crippen LogP contribution in [0.1, 0.15) is 62.8 Å². The minimum atomic E-state index is -1.61. The Hall–Kier alpha value is -5.77. The summed E-state index contributed by atoms with van der Waals surface area (Å²) in [4.78, 5) is 17.8. The zero-order valence-electron chi connectivity index (χ0n) is 39.4. The van der Waals surface area contributed by atoms with Crippen molar-refractivity contribution in [2.24, 2.45) is 0 Å². The average Bonchev–Trinajstić information content (AvgIpc) is 3.67. The van der Waals surface area contributed by atoms with Crippen molar-refractivity contribution in [3.63, 3.8) is 0 Å². The number of pyridine rings is 1. The molecule has 0 spiro atoms. The van der Waals surface area contributed by atoms with Crippen molar-refractivity contribution >= 4 is 48.9 Å². The first-order valence-corrected chi connectivity index (χ1v) is 24.6. The molecule has 13 heteroatoms. The number of rotatable bonds is 22. The van der Waals surface area contributed by atoms with Gasteiger partial charge in [-0.25, -0.2) is 4.67 Å². The van der Waals surface area contributed by atoms with Crippen LogP contribution in [0.15, 0.2) is 150 Å². The number of nitrogens with zero attached hydrogens (tertiary/aromatic N) is 4. The Kier molecular flexibility index (Phi) is 17.1. The molecule has 0 fully saturated rings. The Morgan fingerprint density at radius 2 is 1.42 bits per heavy atom. The Morgan fingerprint density at radius 3 is 2.04 bits per heavy atom. The number of para-hydroxylation sites is 2. The van der Waals surface area contributed by atoms with Gasteiger partial charge in [0.15, 0.2) is 12.7 Å². The zero-order chi connectivity index (χ0) is 47.3. The summed E-state index contributed by atoms with van der Waals surface area (Å²) in [6, 6.07) is 46.5. The molecule has 1 amide bonds. The van der Waals surface area contributed by atoms with Crippen molar-refractivity contribution < 1.29 is 32.6 Å². The van der Waals surface area contributed by atoms with E-state index in [2.05, 4.69) is 133 Å². The van der Waals surface area contributed by atoms with Crippen LogP contribution in [0, 0.1) is 11.3 Å². The van der Waals surface area contributed by atoms with Gasteiger partial charge in [0.05, 0.1) is 75.1 Å². The molecule has 67 heavy (non-hydrogen) atoms. The molecule has 1 aromatic heterocycles. The molecule has 2 heterocycles. The van der Waals surface area contributed by atoms with Gasteiger partial charge in [0.2, 0.25) is 11.4 Å². The van der Waals surface area contributed by atoms with Gasteiger partial charge in [0.1, 0.15) is 17.1 Å². The highest BCUT2D eigenvalue weighted by atomic mass is 32.2.